The lowest BCUT2D eigenvalue weighted by molar-refractivity contribution is -0.144. The molecule has 2 aromatic rings. The number of carbonyl (C=O) groups is 2. The quantitative estimate of drug-likeness (QED) is 0.690. The summed E-state index contributed by atoms with van der Waals surface area (Å²) in [5.41, 5.74) is 2.76. The first-order valence-corrected chi connectivity index (χ1v) is 11.8. The second-order valence-electron chi connectivity index (χ2n) is 9.10. The summed E-state index contributed by atoms with van der Waals surface area (Å²) in [7, 11) is 0. The number of likely N-dealkylation sites (tertiary alicyclic amines) is 1. The van der Waals surface area contributed by atoms with Crippen molar-refractivity contribution < 1.29 is 9.59 Å². The van der Waals surface area contributed by atoms with Crippen LogP contribution in [0.25, 0.3) is 11.1 Å². The van der Waals surface area contributed by atoms with Gasteiger partial charge in [-0.25, -0.2) is 0 Å². The third-order valence-corrected chi connectivity index (χ3v) is 6.81. The molecule has 0 spiro atoms. The average molecular weight is 432 g/mol. The number of allylic oxidation sites excluding steroid dienone is 2. The van der Waals surface area contributed by atoms with E-state index in [4.69, 9.17) is 0 Å². The number of hydrogen-bond acceptors (Lipinski definition) is 3. The molecule has 1 aliphatic heterocycles. The number of aromatic nitrogens is 1. The molecule has 1 aromatic heterocycles. The van der Waals surface area contributed by atoms with Crippen LogP contribution in [-0.4, -0.2) is 41.3 Å². The molecule has 0 unspecified atom stereocenters. The van der Waals surface area contributed by atoms with Crippen LogP contribution in [0.15, 0.2) is 60.9 Å². The summed E-state index contributed by atoms with van der Waals surface area (Å²) in [5, 5.41) is 3.07. The first kappa shape index (κ1) is 22.3. The highest BCUT2D eigenvalue weighted by molar-refractivity contribution is 5.85. The summed E-state index contributed by atoms with van der Waals surface area (Å²) in [6, 6.07) is 12.4. The molecular weight excluding hydrogens is 398 g/mol. The van der Waals surface area contributed by atoms with Crippen molar-refractivity contribution in [3.63, 3.8) is 0 Å². The number of hydrogen-bond donors (Lipinski definition) is 1. The van der Waals surface area contributed by atoms with Crippen molar-refractivity contribution in [2.45, 2.75) is 45.4 Å². The van der Waals surface area contributed by atoms with Crippen LogP contribution in [0.4, 0.5) is 0 Å². The van der Waals surface area contributed by atoms with Gasteiger partial charge in [-0.3, -0.25) is 14.6 Å². The Labute approximate surface area is 190 Å². The Morgan fingerprint density at radius 1 is 1.16 bits per heavy atom. The van der Waals surface area contributed by atoms with Gasteiger partial charge >= 0.3 is 0 Å². The van der Waals surface area contributed by atoms with Gasteiger partial charge in [0, 0.05) is 37.9 Å². The number of nitrogens with one attached hydrogen (secondary N) is 1. The van der Waals surface area contributed by atoms with Crippen LogP contribution in [0.2, 0.25) is 0 Å². The molecule has 1 aromatic carbocycles. The summed E-state index contributed by atoms with van der Waals surface area (Å²) in [6.07, 6.45) is 12.9. The lowest BCUT2D eigenvalue weighted by Crippen LogP contribution is -2.55. The van der Waals surface area contributed by atoms with Gasteiger partial charge in [0.05, 0.1) is 5.41 Å². The van der Waals surface area contributed by atoms with E-state index in [0.717, 1.165) is 55.3 Å². The van der Waals surface area contributed by atoms with E-state index in [0.29, 0.717) is 19.5 Å². The van der Waals surface area contributed by atoms with E-state index in [9.17, 15) is 9.59 Å². The summed E-state index contributed by atoms with van der Waals surface area (Å²) < 4.78 is 0. The van der Waals surface area contributed by atoms with E-state index in [1.165, 1.54) is 0 Å². The van der Waals surface area contributed by atoms with Gasteiger partial charge in [-0.1, -0.05) is 36.4 Å². The molecule has 1 N–H and O–H groups in total. The zero-order valence-corrected chi connectivity index (χ0v) is 18.9. The zero-order chi connectivity index (χ0) is 22.4. The smallest absolute Gasteiger partial charge is 0.228 e. The number of rotatable bonds is 6. The van der Waals surface area contributed by atoms with Crippen molar-refractivity contribution in [2.75, 3.05) is 19.6 Å². The lowest BCUT2D eigenvalue weighted by atomic mass is 9.73. The van der Waals surface area contributed by atoms with E-state index in [1.54, 1.807) is 12.4 Å². The van der Waals surface area contributed by atoms with Crippen LogP contribution < -0.4 is 5.32 Å². The van der Waals surface area contributed by atoms with Gasteiger partial charge in [-0.2, -0.15) is 0 Å². The van der Waals surface area contributed by atoms with Gasteiger partial charge in [0.2, 0.25) is 11.8 Å². The fourth-order valence-corrected chi connectivity index (χ4v) is 5.15. The largest absolute Gasteiger partial charge is 0.356 e. The Hall–Kier alpha value is -2.95. The molecule has 0 bridgehead atoms. The molecule has 1 saturated heterocycles. The van der Waals surface area contributed by atoms with Crippen LogP contribution in [0.3, 0.4) is 0 Å². The maximum absolute atomic E-state index is 13.4. The number of pyridine rings is 1. The summed E-state index contributed by atoms with van der Waals surface area (Å²) >= 11 is 0. The highest BCUT2D eigenvalue weighted by atomic mass is 16.2. The minimum absolute atomic E-state index is 0.0556. The van der Waals surface area contributed by atoms with Crippen LogP contribution in [-0.2, 0) is 16.0 Å². The molecule has 1 aliphatic carbocycles. The molecule has 1 fully saturated rings. The number of piperidine rings is 1. The van der Waals surface area contributed by atoms with Crippen molar-refractivity contribution in [1.29, 1.82) is 0 Å². The number of carbonyl (C=O) groups excluding carboxylic acids is 2. The average Bonchev–Trinajstić information content (AvgIpc) is 2.85. The third kappa shape index (κ3) is 4.93. The van der Waals surface area contributed by atoms with Crippen LogP contribution >= 0.6 is 0 Å². The minimum Gasteiger partial charge on any atom is -0.356 e. The summed E-state index contributed by atoms with van der Waals surface area (Å²) in [5.74, 6) is 0.337. The molecule has 4 rings (SSSR count). The molecule has 5 nitrogen and oxygen atoms in total. The molecule has 2 amide bonds. The predicted octanol–water partition coefficient (Wildman–Crippen LogP) is 4.39. The normalized spacial score (nSPS) is 23.0. The van der Waals surface area contributed by atoms with Gasteiger partial charge in [-0.05, 0) is 74.3 Å². The molecule has 0 radical (unpaired) electrons. The second-order valence-corrected chi connectivity index (χ2v) is 9.10. The van der Waals surface area contributed by atoms with Gasteiger partial charge in [0.25, 0.3) is 0 Å². The number of benzene rings is 1. The Kier molecular flexibility index (Phi) is 7.03. The topological polar surface area (TPSA) is 62.3 Å². The Bertz CT molecular complexity index is 972. The van der Waals surface area contributed by atoms with E-state index < -0.39 is 5.41 Å². The Morgan fingerprint density at radius 3 is 2.75 bits per heavy atom. The lowest BCUT2D eigenvalue weighted by Gasteiger charge is -2.43. The second kappa shape index (κ2) is 10.1. The summed E-state index contributed by atoms with van der Waals surface area (Å²) in [6.45, 7) is 3.80. The highest BCUT2D eigenvalue weighted by Gasteiger charge is 2.44. The molecule has 2 aliphatic rings. The molecular formula is C27H33N3O2. The predicted molar refractivity (Wildman–Crippen MR) is 127 cm³/mol. The first-order chi connectivity index (χ1) is 15.6. The van der Waals surface area contributed by atoms with Crippen LogP contribution in [0, 0.1) is 11.3 Å². The number of amides is 2. The monoisotopic (exact) mass is 431 g/mol. The maximum atomic E-state index is 13.4. The first-order valence-electron chi connectivity index (χ1n) is 11.8. The van der Waals surface area contributed by atoms with Crippen LogP contribution in [0.5, 0.6) is 0 Å². The van der Waals surface area contributed by atoms with E-state index >= 15 is 0 Å². The van der Waals surface area contributed by atoms with Crippen molar-refractivity contribution in [3.8, 4) is 11.1 Å². The molecule has 5 heteroatoms. The standard InChI is InChI=1S/C27H33N3O2/c1-2-29-26(32)27(14-7-17-30(20-27)25(31)23-9-4-3-5-10-23)19-21-8-6-11-24(18-21)22-12-15-28-16-13-22/h3-4,6,8,11-13,15-16,18,23H,2,5,7,9-10,14,17,19-20H2,1H3,(H,29,32)/t23-,27+/m0/s1. The number of nitrogens with zero attached hydrogens (tertiary/aromatic N) is 2. The summed E-state index contributed by atoms with van der Waals surface area (Å²) in [4.78, 5) is 32.7. The van der Waals surface area contributed by atoms with Gasteiger partial charge in [0.15, 0.2) is 0 Å². The fraction of sp³-hybridized carbons (Fsp3) is 0.444. The Balaban J connectivity index is 1.59. The van der Waals surface area contributed by atoms with E-state index in [-0.39, 0.29) is 17.7 Å². The maximum Gasteiger partial charge on any atom is 0.228 e. The van der Waals surface area contributed by atoms with Crippen molar-refractivity contribution >= 4 is 11.8 Å². The molecule has 32 heavy (non-hydrogen) atoms. The van der Waals surface area contributed by atoms with Gasteiger partial charge in [-0.15, -0.1) is 0 Å². The molecule has 2 heterocycles. The highest BCUT2D eigenvalue weighted by Crippen LogP contribution is 2.36. The molecule has 0 saturated carbocycles. The molecule has 2 atom stereocenters. The zero-order valence-electron chi connectivity index (χ0n) is 18.9. The van der Waals surface area contributed by atoms with Gasteiger partial charge in [0.1, 0.15) is 0 Å². The SMILES string of the molecule is CCNC(=O)[C@@]1(Cc2cccc(-c3ccncc3)c2)CCCN(C(=O)[C@H]2CC=CCC2)C1. The van der Waals surface area contributed by atoms with Crippen LogP contribution in [0.1, 0.15) is 44.6 Å². The third-order valence-electron chi connectivity index (χ3n) is 6.81. The van der Waals surface area contributed by atoms with Crippen molar-refractivity contribution in [1.82, 2.24) is 15.2 Å². The minimum atomic E-state index is -0.592. The van der Waals surface area contributed by atoms with Crippen molar-refractivity contribution in [2.24, 2.45) is 11.3 Å². The van der Waals surface area contributed by atoms with Crippen molar-refractivity contribution in [3.05, 3.63) is 66.5 Å². The fourth-order valence-electron chi connectivity index (χ4n) is 5.15. The molecule has 168 valence electrons. The van der Waals surface area contributed by atoms with Gasteiger partial charge < -0.3 is 10.2 Å². The Morgan fingerprint density at radius 2 is 2.00 bits per heavy atom. The van der Waals surface area contributed by atoms with E-state index in [2.05, 4.69) is 46.7 Å². The van der Waals surface area contributed by atoms with E-state index in [1.807, 2.05) is 24.0 Å².